The Bertz CT molecular complexity index is 793. The van der Waals surface area contributed by atoms with Crippen molar-refractivity contribution in [3.63, 3.8) is 0 Å². The average molecular weight is 388 g/mol. The quantitative estimate of drug-likeness (QED) is 0.798. The predicted octanol–water partition coefficient (Wildman–Crippen LogP) is 3.37. The van der Waals surface area contributed by atoms with Crippen molar-refractivity contribution in [2.75, 3.05) is 6.54 Å². The molecule has 28 heavy (non-hydrogen) atoms. The number of likely N-dealkylation sites (tertiary alicyclic amines) is 2. The van der Waals surface area contributed by atoms with Crippen LogP contribution in [0.15, 0.2) is 24.3 Å². The van der Waals surface area contributed by atoms with Crippen LogP contribution in [-0.4, -0.2) is 51.9 Å². The zero-order valence-corrected chi connectivity index (χ0v) is 17.1. The molecule has 2 bridgehead atoms. The molecule has 2 amide bonds. The standard InChI is InChI=1S/C22H29FN2O3/c1-14(26)25-16-12-22(4)18(6-5-7-19(22)25)24(13-16)20(27)21(2,3)28-17-10-8-15(23)9-11-17/h8-11,16,18-19H,5-7,12-13H2,1-4H3/t16-,18+,19-,22+/m0/s1. The lowest BCUT2D eigenvalue weighted by molar-refractivity contribution is -0.154. The fourth-order valence-corrected chi connectivity index (χ4v) is 5.88. The Balaban J connectivity index is 1.61. The van der Waals surface area contributed by atoms with Crippen molar-refractivity contribution in [3.05, 3.63) is 30.1 Å². The van der Waals surface area contributed by atoms with Gasteiger partial charge in [-0.3, -0.25) is 9.59 Å². The van der Waals surface area contributed by atoms with Crippen molar-refractivity contribution in [2.24, 2.45) is 5.41 Å². The predicted molar refractivity (Wildman–Crippen MR) is 103 cm³/mol. The van der Waals surface area contributed by atoms with Crippen LogP contribution in [0.1, 0.15) is 53.4 Å². The number of rotatable bonds is 3. The molecule has 0 N–H and O–H groups in total. The van der Waals surface area contributed by atoms with E-state index in [4.69, 9.17) is 4.74 Å². The van der Waals surface area contributed by atoms with Crippen LogP contribution in [0.2, 0.25) is 0 Å². The molecule has 0 radical (unpaired) electrons. The molecule has 5 nitrogen and oxygen atoms in total. The lowest BCUT2D eigenvalue weighted by Gasteiger charge is -2.51. The minimum absolute atomic E-state index is 0.0611. The van der Waals surface area contributed by atoms with Crippen molar-refractivity contribution >= 4 is 11.8 Å². The third kappa shape index (κ3) is 2.88. The second-order valence-corrected chi connectivity index (χ2v) is 9.28. The van der Waals surface area contributed by atoms with Gasteiger partial charge in [-0.25, -0.2) is 4.39 Å². The topological polar surface area (TPSA) is 49.9 Å². The highest BCUT2D eigenvalue weighted by Crippen LogP contribution is 2.54. The molecule has 4 rings (SSSR count). The SMILES string of the molecule is CC(=O)N1[C@@H]2CN(C(=O)C(C)(C)Oc3ccc(F)cc3)[C@@H]3CCC[C@H]1[C@]3(C)C2. The largest absolute Gasteiger partial charge is 0.478 e. The highest BCUT2D eigenvalue weighted by Gasteiger charge is 2.62. The summed E-state index contributed by atoms with van der Waals surface area (Å²) >= 11 is 0. The van der Waals surface area contributed by atoms with Gasteiger partial charge in [0.25, 0.3) is 5.91 Å². The Kier molecular flexibility index (Phi) is 4.43. The summed E-state index contributed by atoms with van der Waals surface area (Å²) in [6, 6.07) is 6.15. The van der Waals surface area contributed by atoms with Gasteiger partial charge in [0.1, 0.15) is 11.6 Å². The van der Waals surface area contributed by atoms with E-state index in [1.54, 1.807) is 32.9 Å². The van der Waals surface area contributed by atoms with Crippen LogP contribution in [0.25, 0.3) is 0 Å². The van der Waals surface area contributed by atoms with Gasteiger partial charge in [-0.15, -0.1) is 0 Å². The van der Waals surface area contributed by atoms with Crippen LogP contribution in [0.4, 0.5) is 4.39 Å². The van der Waals surface area contributed by atoms with Crippen molar-refractivity contribution in [1.82, 2.24) is 9.80 Å². The third-order valence-corrected chi connectivity index (χ3v) is 6.99. The molecule has 0 unspecified atom stereocenters. The summed E-state index contributed by atoms with van der Waals surface area (Å²) < 4.78 is 19.2. The highest BCUT2D eigenvalue weighted by molar-refractivity contribution is 5.86. The van der Waals surface area contributed by atoms with Crippen LogP contribution in [-0.2, 0) is 9.59 Å². The van der Waals surface area contributed by atoms with Gasteiger partial charge in [0, 0.05) is 31.0 Å². The molecule has 2 aliphatic heterocycles. The first-order valence-electron chi connectivity index (χ1n) is 10.2. The summed E-state index contributed by atoms with van der Waals surface area (Å²) in [6.07, 6.45) is 3.96. The van der Waals surface area contributed by atoms with E-state index in [0.717, 1.165) is 25.7 Å². The van der Waals surface area contributed by atoms with Gasteiger partial charge in [-0.05, 0) is 63.8 Å². The van der Waals surface area contributed by atoms with E-state index in [-0.39, 0.29) is 41.2 Å². The van der Waals surface area contributed by atoms with E-state index in [0.29, 0.717) is 12.3 Å². The fraction of sp³-hybridized carbons (Fsp3) is 0.636. The molecule has 1 aromatic carbocycles. The van der Waals surface area contributed by atoms with E-state index in [2.05, 4.69) is 6.92 Å². The first-order valence-corrected chi connectivity index (χ1v) is 10.2. The lowest BCUT2D eigenvalue weighted by atomic mass is 9.65. The van der Waals surface area contributed by atoms with Crippen LogP contribution in [0.5, 0.6) is 5.75 Å². The van der Waals surface area contributed by atoms with Gasteiger partial charge in [-0.2, -0.15) is 0 Å². The van der Waals surface area contributed by atoms with Gasteiger partial charge in [0.2, 0.25) is 5.91 Å². The molecule has 0 spiro atoms. The summed E-state index contributed by atoms with van der Waals surface area (Å²) in [5.41, 5.74) is -1.13. The summed E-state index contributed by atoms with van der Waals surface area (Å²) in [7, 11) is 0. The highest BCUT2D eigenvalue weighted by atomic mass is 19.1. The van der Waals surface area contributed by atoms with Crippen molar-refractivity contribution in [1.29, 1.82) is 0 Å². The monoisotopic (exact) mass is 388 g/mol. The number of ether oxygens (including phenoxy) is 1. The maximum atomic E-state index is 13.6. The van der Waals surface area contributed by atoms with E-state index in [1.807, 2.05) is 9.80 Å². The summed E-state index contributed by atoms with van der Waals surface area (Å²) in [6.45, 7) is 7.97. The first-order chi connectivity index (χ1) is 13.1. The Morgan fingerprint density at radius 3 is 2.46 bits per heavy atom. The molecule has 1 aromatic rings. The molecule has 6 heteroatoms. The number of hydrogen-bond acceptors (Lipinski definition) is 3. The molecule has 4 atom stereocenters. The summed E-state index contributed by atoms with van der Waals surface area (Å²) in [5.74, 6) is 0.173. The second-order valence-electron chi connectivity index (χ2n) is 9.28. The van der Waals surface area contributed by atoms with Crippen LogP contribution < -0.4 is 4.74 Å². The number of benzene rings is 1. The molecule has 1 aliphatic carbocycles. The van der Waals surface area contributed by atoms with Crippen molar-refractivity contribution in [3.8, 4) is 5.75 Å². The molecule has 3 fully saturated rings. The number of carbonyl (C=O) groups is 2. The maximum absolute atomic E-state index is 13.6. The lowest BCUT2D eigenvalue weighted by Crippen LogP contribution is -2.62. The van der Waals surface area contributed by atoms with Crippen molar-refractivity contribution in [2.45, 2.75) is 77.1 Å². The molecule has 0 aromatic heterocycles. The number of carbonyl (C=O) groups excluding carboxylic acids is 2. The number of hydrogen-bond donors (Lipinski definition) is 0. The number of nitrogens with zero attached hydrogens (tertiary/aromatic N) is 2. The minimum atomic E-state index is -1.07. The zero-order chi connectivity index (χ0) is 20.3. The van der Waals surface area contributed by atoms with Crippen molar-refractivity contribution < 1.29 is 18.7 Å². The molecular weight excluding hydrogens is 359 g/mol. The Labute approximate surface area is 165 Å². The number of halogens is 1. The average Bonchev–Trinajstić information content (AvgIpc) is 2.92. The molecule has 2 heterocycles. The van der Waals surface area contributed by atoms with E-state index in [1.165, 1.54) is 12.1 Å². The van der Waals surface area contributed by atoms with Gasteiger partial charge in [-0.1, -0.05) is 6.92 Å². The van der Waals surface area contributed by atoms with E-state index in [9.17, 15) is 14.0 Å². The van der Waals surface area contributed by atoms with E-state index < -0.39 is 5.60 Å². The molecule has 1 saturated carbocycles. The summed E-state index contributed by atoms with van der Waals surface area (Å²) in [4.78, 5) is 29.9. The normalized spacial score (nSPS) is 31.7. The molecular formula is C22H29FN2O3. The zero-order valence-electron chi connectivity index (χ0n) is 17.1. The number of piperidine rings is 1. The third-order valence-electron chi connectivity index (χ3n) is 6.99. The summed E-state index contributed by atoms with van der Waals surface area (Å²) in [5, 5.41) is 0. The second kappa shape index (κ2) is 6.46. The molecule has 152 valence electrons. The van der Waals surface area contributed by atoms with E-state index >= 15 is 0 Å². The fourth-order valence-electron chi connectivity index (χ4n) is 5.88. The van der Waals surface area contributed by atoms with Crippen LogP contribution >= 0.6 is 0 Å². The smallest absolute Gasteiger partial charge is 0.266 e. The van der Waals surface area contributed by atoms with Gasteiger partial charge < -0.3 is 14.5 Å². The minimum Gasteiger partial charge on any atom is -0.478 e. The first kappa shape index (κ1) is 19.2. The van der Waals surface area contributed by atoms with Crippen LogP contribution in [0.3, 0.4) is 0 Å². The van der Waals surface area contributed by atoms with Gasteiger partial charge in [0.05, 0.1) is 6.04 Å². The molecule has 3 aliphatic rings. The number of fused-ring (bicyclic) bond motifs is 1. The Morgan fingerprint density at radius 1 is 1.18 bits per heavy atom. The van der Waals surface area contributed by atoms with Gasteiger partial charge >= 0.3 is 0 Å². The van der Waals surface area contributed by atoms with Crippen LogP contribution in [0, 0.1) is 11.2 Å². The van der Waals surface area contributed by atoms with Gasteiger partial charge in [0.15, 0.2) is 5.60 Å². The number of amides is 2. The maximum Gasteiger partial charge on any atom is 0.266 e. The molecule has 2 saturated heterocycles. The Hall–Kier alpha value is -2.11. The Morgan fingerprint density at radius 2 is 1.82 bits per heavy atom.